The first-order valence-corrected chi connectivity index (χ1v) is 11.1. The number of unbranched alkanes of at least 4 members (excludes halogenated alkanes) is 10. The summed E-state index contributed by atoms with van der Waals surface area (Å²) in [5, 5.41) is 3.54. The first-order chi connectivity index (χ1) is 10.9. The lowest BCUT2D eigenvalue weighted by Gasteiger charge is -2.05. The lowest BCUT2D eigenvalue weighted by atomic mass is 10.1. The minimum Gasteiger partial charge on any atom is -0.313 e. The summed E-state index contributed by atoms with van der Waals surface area (Å²) in [5.41, 5.74) is 1.39. The van der Waals surface area contributed by atoms with Crippen LogP contribution in [-0.4, -0.2) is 16.8 Å². The fourth-order valence-electron chi connectivity index (χ4n) is 2.92. The second-order valence-corrected chi connectivity index (χ2v) is 7.55. The zero-order valence-corrected chi connectivity index (χ0v) is 16.8. The van der Waals surface area contributed by atoms with Crippen molar-refractivity contribution in [3.8, 4) is 0 Å². The van der Waals surface area contributed by atoms with Gasteiger partial charge in [-0.25, -0.2) is 0 Å². The Kier molecular flexibility index (Phi) is 13.5. The van der Waals surface area contributed by atoms with Gasteiger partial charge >= 0.3 is 0 Å². The first-order valence-electron chi connectivity index (χ1n) is 9.68. The van der Waals surface area contributed by atoms with Gasteiger partial charge in [-0.3, -0.25) is 0 Å². The van der Waals surface area contributed by atoms with E-state index in [9.17, 15) is 0 Å². The Bertz CT molecular complexity index is 326. The molecule has 0 saturated carbocycles. The highest BCUT2D eigenvalue weighted by Crippen LogP contribution is 2.11. The Morgan fingerprint density at radius 1 is 0.636 bits per heavy atom. The summed E-state index contributed by atoms with van der Waals surface area (Å²) < 4.78 is 0. The molecule has 0 fully saturated rings. The molecule has 1 rings (SSSR count). The molecule has 2 heteroatoms. The Balaban J connectivity index is 1.73. The summed E-state index contributed by atoms with van der Waals surface area (Å²) >= 11 is 0. The van der Waals surface area contributed by atoms with Crippen LogP contribution >= 0.6 is 0 Å². The van der Waals surface area contributed by atoms with Gasteiger partial charge in [0.1, 0.15) is 0 Å². The van der Waals surface area contributed by atoms with E-state index in [4.69, 9.17) is 0 Å². The van der Waals surface area contributed by atoms with Crippen LogP contribution in [0.15, 0.2) is 30.3 Å². The highest BCUT2D eigenvalue weighted by molar-refractivity contribution is 6.08. The van der Waals surface area contributed by atoms with E-state index in [2.05, 4.69) is 35.6 Å². The lowest BCUT2D eigenvalue weighted by Crippen LogP contribution is -2.14. The van der Waals surface area contributed by atoms with Crippen LogP contribution in [0.2, 0.25) is 6.04 Å². The van der Waals surface area contributed by atoms with E-state index < -0.39 is 0 Å². The fourth-order valence-corrected chi connectivity index (χ4v) is 3.42. The summed E-state index contributed by atoms with van der Waals surface area (Å²) in [4.78, 5) is 0. The molecular weight excluding hydrogens is 282 g/mol. The highest BCUT2D eigenvalue weighted by atomic mass is 28.1. The van der Waals surface area contributed by atoms with Crippen molar-refractivity contribution in [2.75, 3.05) is 6.54 Å². The third-order valence-electron chi connectivity index (χ3n) is 4.38. The fraction of sp³-hybridized carbons (Fsp3) is 0.700. The van der Waals surface area contributed by atoms with Crippen molar-refractivity contribution in [2.45, 2.75) is 83.2 Å². The number of hydrogen-bond acceptors (Lipinski definition) is 1. The van der Waals surface area contributed by atoms with Crippen LogP contribution < -0.4 is 5.32 Å². The van der Waals surface area contributed by atoms with E-state index in [1.807, 2.05) is 0 Å². The molecule has 0 heterocycles. The summed E-state index contributed by atoms with van der Waals surface area (Å²) in [6.45, 7) is 2.18. The molecule has 0 spiro atoms. The third-order valence-corrected chi connectivity index (χ3v) is 5.09. The molecule has 1 N–H and O–H groups in total. The van der Waals surface area contributed by atoms with Gasteiger partial charge in [-0.15, -0.1) is 0 Å². The molecule has 0 aliphatic rings. The Labute approximate surface area is 141 Å². The molecular formula is C20H37NSi. The van der Waals surface area contributed by atoms with Crippen molar-refractivity contribution >= 4 is 10.2 Å². The maximum absolute atomic E-state index is 3.54. The van der Waals surface area contributed by atoms with Crippen LogP contribution in [0.4, 0.5) is 0 Å². The van der Waals surface area contributed by atoms with Gasteiger partial charge in [0, 0.05) is 16.8 Å². The topological polar surface area (TPSA) is 12.0 Å². The SMILES string of the molecule is [SiH3]CCCCCCCCCCCCCNCc1ccccc1. The maximum Gasteiger partial charge on any atom is 0.0205 e. The average Bonchev–Trinajstić information content (AvgIpc) is 2.56. The van der Waals surface area contributed by atoms with Gasteiger partial charge in [0.2, 0.25) is 0 Å². The smallest absolute Gasteiger partial charge is 0.0205 e. The van der Waals surface area contributed by atoms with Crippen molar-refractivity contribution in [2.24, 2.45) is 0 Å². The van der Waals surface area contributed by atoms with Crippen LogP contribution in [0.25, 0.3) is 0 Å². The number of nitrogens with one attached hydrogen (secondary N) is 1. The predicted molar refractivity (Wildman–Crippen MR) is 104 cm³/mol. The van der Waals surface area contributed by atoms with Crippen LogP contribution in [-0.2, 0) is 6.54 Å². The van der Waals surface area contributed by atoms with Gasteiger partial charge < -0.3 is 5.32 Å². The minimum atomic E-state index is 1.01. The van der Waals surface area contributed by atoms with Crippen molar-refractivity contribution < 1.29 is 0 Å². The van der Waals surface area contributed by atoms with Gasteiger partial charge in [-0.2, -0.15) is 0 Å². The second-order valence-electron chi connectivity index (χ2n) is 6.55. The first kappa shape index (κ1) is 19.4. The molecule has 0 atom stereocenters. The molecule has 0 radical (unpaired) electrons. The van der Waals surface area contributed by atoms with Gasteiger partial charge in [0.15, 0.2) is 0 Å². The molecule has 0 saturated heterocycles. The van der Waals surface area contributed by atoms with E-state index >= 15 is 0 Å². The number of hydrogen-bond donors (Lipinski definition) is 1. The predicted octanol–water partition coefficient (Wildman–Crippen LogP) is 4.85. The van der Waals surface area contributed by atoms with E-state index in [0.717, 1.165) is 13.1 Å². The molecule has 1 nitrogen and oxygen atoms in total. The molecule has 0 aromatic heterocycles. The molecule has 0 unspecified atom stereocenters. The molecule has 0 aliphatic heterocycles. The molecule has 1 aromatic carbocycles. The van der Waals surface area contributed by atoms with Crippen molar-refractivity contribution in [3.63, 3.8) is 0 Å². The summed E-state index contributed by atoms with van der Waals surface area (Å²) in [5.74, 6) is 0. The summed E-state index contributed by atoms with van der Waals surface area (Å²) in [6, 6.07) is 12.2. The second kappa shape index (κ2) is 15.3. The van der Waals surface area contributed by atoms with E-state index in [0.29, 0.717) is 0 Å². The Hall–Kier alpha value is -0.603. The van der Waals surface area contributed by atoms with Gasteiger partial charge in [0.25, 0.3) is 0 Å². The van der Waals surface area contributed by atoms with Crippen LogP contribution in [0.1, 0.15) is 76.2 Å². The molecule has 0 aliphatic carbocycles. The van der Waals surface area contributed by atoms with E-state index in [-0.39, 0.29) is 0 Å². The highest BCUT2D eigenvalue weighted by Gasteiger charge is 1.94. The zero-order valence-electron chi connectivity index (χ0n) is 14.8. The number of rotatable bonds is 15. The Morgan fingerprint density at radius 3 is 1.68 bits per heavy atom. The van der Waals surface area contributed by atoms with Crippen molar-refractivity contribution in [1.82, 2.24) is 5.32 Å². The average molecular weight is 320 g/mol. The van der Waals surface area contributed by atoms with Gasteiger partial charge in [-0.1, -0.05) is 101 Å². The third kappa shape index (κ3) is 12.0. The maximum atomic E-state index is 3.54. The quantitative estimate of drug-likeness (QED) is 0.360. The normalized spacial score (nSPS) is 11.1. The van der Waals surface area contributed by atoms with Crippen LogP contribution in [0, 0.1) is 0 Å². The molecule has 22 heavy (non-hydrogen) atoms. The largest absolute Gasteiger partial charge is 0.313 e. The summed E-state index contributed by atoms with van der Waals surface area (Å²) in [7, 11) is 1.40. The summed E-state index contributed by atoms with van der Waals surface area (Å²) in [6.07, 6.45) is 15.9. The van der Waals surface area contributed by atoms with Crippen molar-refractivity contribution in [1.29, 1.82) is 0 Å². The standard InChI is InChI=1S/C20H37NSi/c22-18-14-9-7-5-3-1-2-4-6-8-13-17-21-19-20-15-11-10-12-16-20/h10-12,15-16,21H,1-9,13-14,17-19H2,22H3. The van der Waals surface area contributed by atoms with Gasteiger partial charge in [-0.05, 0) is 18.5 Å². The molecule has 0 amide bonds. The van der Waals surface area contributed by atoms with Gasteiger partial charge in [0.05, 0.1) is 0 Å². The lowest BCUT2D eigenvalue weighted by molar-refractivity contribution is 0.539. The molecule has 0 bridgehead atoms. The monoisotopic (exact) mass is 319 g/mol. The zero-order chi connectivity index (χ0) is 15.7. The van der Waals surface area contributed by atoms with Crippen molar-refractivity contribution in [3.05, 3.63) is 35.9 Å². The van der Waals surface area contributed by atoms with Crippen LogP contribution in [0.3, 0.4) is 0 Å². The minimum absolute atomic E-state index is 1.01. The van der Waals surface area contributed by atoms with E-state index in [1.54, 1.807) is 0 Å². The van der Waals surface area contributed by atoms with Crippen LogP contribution in [0.5, 0.6) is 0 Å². The molecule has 1 aromatic rings. The number of benzene rings is 1. The molecule has 126 valence electrons. The Morgan fingerprint density at radius 2 is 1.14 bits per heavy atom. The van der Waals surface area contributed by atoms with E-state index in [1.165, 1.54) is 92.5 Å².